The highest BCUT2D eigenvalue weighted by Crippen LogP contribution is 2.41. The van der Waals surface area contributed by atoms with Gasteiger partial charge in [0.15, 0.2) is 0 Å². The van der Waals surface area contributed by atoms with Crippen LogP contribution < -0.4 is 0 Å². The number of H-pyrrole nitrogens is 1. The summed E-state index contributed by atoms with van der Waals surface area (Å²) in [5.41, 5.74) is 3.80. The second kappa shape index (κ2) is 7.11. The Hall–Kier alpha value is -2.15. The van der Waals surface area contributed by atoms with Crippen LogP contribution in [0.2, 0.25) is 0 Å². The highest BCUT2D eigenvalue weighted by atomic mass is 16.2. The molecular weight excluding hydrogens is 340 g/mol. The Labute approximate surface area is 160 Å². The summed E-state index contributed by atoms with van der Waals surface area (Å²) in [7, 11) is 4.13. The fourth-order valence-electron chi connectivity index (χ4n) is 4.56. The molecule has 4 heterocycles. The van der Waals surface area contributed by atoms with Gasteiger partial charge < -0.3 is 9.80 Å². The molecule has 0 radical (unpaired) electrons. The van der Waals surface area contributed by atoms with Gasteiger partial charge in [-0.2, -0.15) is 10.2 Å². The van der Waals surface area contributed by atoms with Gasteiger partial charge in [0.05, 0.1) is 11.9 Å². The van der Waals surface area contributed by atoms with Crippen LogP contribution in [0, 0.1) is 12.3 Å². The molecule has 0 saturated carbocycles. The van der Waals surface area contributed by atoms with E-state index < -0.39 is 0 Å². The maximum absolute atomic E-state index is 13.0. The summed E-state index contributed by atoms with van der Waals surface area (Å²) >= 11 is 0. The highest BCUT2D eigenvalue weighted by Gasteiger charge is 2.37. The Kier molecular flexibility index (Phi) is 4.80. The quantitative estimate of drug-likeness (QED) is 0.882. The minimum Gasteiger partial charge on any atom is -0.337 e. The number of carbonyl (C=O) groups excluding carboxylic acids is 1. The lowest BCUT2D eigenvalue weighted by molar-refractivity contribution is 0.0537. The topological polar surface area (TPSA) is 70.1 Å². The third-order valence-corrected chi connectivity index (χ3v) is 6.70. The molecule has 2 aliphatic heterocycles. The number of hydrogen-bond acceptors (Lipinski definition) is 4. The number of nitrogens with one attached hydrogen (secondary N) is 1. The second-order valence-electron chi connectivity index (χ2n) is 8.38. The molecule has 4 rings (SSSR count). The third-order valence-electron chi connectivity index (χ3n) is 6.70. The molecule has 0 unspecified atom stereocenters. The van der Waals surface area contributed by atoms with Gasteiger partial charge in [0, 0.05) is 31.4 Å². The molecule has 2 aliphatic rings. The van der Waals surface area contributed by atoms with E-state index in [9.17, 15) is 4.79 Å². The van der Waals surface area contributed by atoms with Gasteiger partial charge in [0.1, 0.15) is 5.69 Å². The van der Waals surface area contributed by atoms with Crippen LogP contribution in [0.5, 0.6) is 0 Å². The molecule has 2 saturated heterocycles. The van der Waals surface area contributed by atoms with Crippen LogP contribution in [0.25, 0.3) is 11.3 Å². The first-order valence-electron chi connectivity index (χ1n) is 10.00. The maximum Gasteiger partial charge on any atom is 0.271 e. The first-order chi connectivity index (χ1) is 13.0. The Morgan fingerprint density at radius 3 is 2.56 bits per heavy atom. The van der Waals surface area contributed by atoms with Crippen molar-refractivity contribution in [1.82, 2.24) is 29.8 Å². The number of amides is 1. The number of likely N-dealkylation sites (tertiary alicyclic amines) is 2. The number of carbonyl (C=O) groups is 1. The third kappa shape index (κ3) is 3.52. The summed E-state index contributed by atoms with van der Waals surface area (Å²) in [4.78, 5) is 17.4. The predicted octanol–water partition coefficient (Wildman–Crippen LogP) is 2.46. The van der Waals surface area contributed by atoms with Crippen LogP contribution in [0.1, 0.15) is 48.3 Å². The van der Waals surface area contributed by atoms with Crippen molar-refractivity contribution in [1.29, 1.82) is 0 Å². The molecule has 0 bridgehead atoms. The van der Waals surface area contributed by atoms with Crippen molar-refractivity contribution in [2.75, 3.05) is 33.2 Å². The summed E-state index contributed by atoms with van der Waals surface area (Å²) in [6, 6.07) is 1.86. The lowest BCUT2D eigenvalue weighted by Crippen LogP contribution is -2.43. The second-order valence-corrected chi connectivity index (χ2v) is 8.38. The molecule has 1 amide bonds. The molecule has 7 nitrogen and oxygen atoms in total. The van der Waals surface area contributed by atoms with E-state index in [1.54, 1.807) is 6.20 Å². The Morgan fingerprint density at radius 1 is 1.11 bits per heavy atom. The number of aromatic amines is 1. The average Bonchev–Trinajstić information content (AvgIpc) is 3.23. The summed E-state index contributed by atoms with van der Waals surface area (Å²) in [5.74, 6) is 0.0656. The molecule has 0 aliphatic carbocycles. The van der Waals surface area contributed by atoms with Crippen molar-refractivity contribution in [3.8, 4) is 11.3 Å². The summed E-state index contributed by atoms with van der Waals surface area (Å²) in [6.45, 7) is 6.09. The SMILES string of the molecule is Cc1c(-c2cc(C(=O)N3CCC4(CCCN(C)CC4)CC3)[nH]n2)cnn1C. The Bertz CT molecular complexity index is 814. The Morgan fingerprint density at radius 2 is 1.85 bits per heavy atom. The molecular formula is C20H30N6O. The first-order valence-corrected chi connectivity index (χ1v) is 10.00. The van der Waals surface area contributed by atoms with E-state index in [-0.39, 0.29) is 5.91 Å². The highest BCUT2D eigenvalue weighted by molar-refractivity contribution is 5.93. The van der Waals surface area contributed by atoms with Crippen molar-refractivity contribution in [3.05, 3.63) is 23.7 Å². The number of rotatable bonds is 2. The largest absolute Gasteiger partial charge is 0.337 e. The van der Waals surface area contributed by atoms with Crippen LogP contribution in [-0.4, -0.2) is 68.9 Å². The predicted molar refractivity (Wildman–Crippen MR) is 104 cm³/mol. The molecule has 146 valence electrons. The van der Waals surface area contributed by atoms with Gasteiger partial charge in [-0.25, -0.2) is 0 Å². The van der Waals surface area contributed by atoms with Gasteiger partial charge in [-0.3, -0.25) is 14.6 Å². The molecule has 0 aromatic carbocycles. The van der Waals surface area contributed by atoms with E-state index in [1.165, 1.54) is 32.4 Å². The lowest BCUT2D eigenvalue weighted by atomic mass is 9.73. The van der Waals surface area contributed by atoms with Crippen molar-refractivity contribution < 1.29 is 4.79 Å². The van der Waals surface area contributed by atoms with E-state index in [4.69, 9.17) is 0 Å². The van der Waals surface area contributed by atoms with Crippen LogP contribution in [-0.2, 0) is 7.05 Å². The zero-order valence-electron chi connectivity index (χ0n) is 16.7. The van der Waals surface area contributed by atoms with Crippen LogP contribution >= 0.6 is 0 Å². The molecule has 27 heavy (non-hydrogen) atoms. The van der Waals surface area contributed by atoms with Gasteiger partial charge in [-0.15, -0.1) is 0 Å². The van der Waals surface area contributed by atoms with Crippen LogP contribution in [0.4, 0.5) is 0 Å². The summed E-state index contributed by atoms with van der Waals surface area (Å²) in [5, 5.41) is 11.6. The molecule has 1 spiro atoms. The van der Waals surface area contributed by atoms with E-state index in [1.807, 2.05) is 29.6 Å². The normalized spacial score (nSPS) is 20.8. The Balaban J connectivity index is 1.42. The number of aryl methyl sites for hydroxylation is 1. The lowest BCUT2D eigenvalue weighted by Gasteiger charge is -2.41. The molecule has 0 atom stereocenters. The summed E-state index contributed by atoms with van der Waals surface area (Å²) < 4.78 is 1.82. The monoisotopic (exact) mass is 370 g/mol. The maximum atomic E-state index is 13.0. The first kappa shape index (κ1) is 18.2. The molecule has 1 N–H and O–H groups in total. The van der Waals surface area contributed by atoms with Crippen molar-refractivity contribution in [2.45, 2.75) is 39.0 Å². The van der Waals surface area contributed by atoms with E-state index in [0.29, 0.717) is 11.1 Å². The van der Waals surface area contributed by atoms with E-state index in [0.717, 1.165) is 42.9 Å². The summed E-state index contributed by atoms with van der Waals surface area (Å²) in [6.07, 6.45) is 7.88. The molecule has 2 fully saturated rings. The number of hydrogen-bond donors (Lipinski definition) is 1. The zero-order chi connectivity index (χ0) is 19.0. The van der Waals surface area contributed by atoms with Crippen molar-refractivity contribution >= 4 is 5.91 Å². The smallest absolute Gasteiger partial charge is 0.271 e. The minimum absolute atomic E-state index is 0.0656. The van der Waals surface area contributed by atoms with Crippen LogP contribution in [0.3, 0.4) is 0 Å². The van der Waals surface area contributed by atoms with E-state index in [2.05, 4.69) is 27.2 Å². The fourth-order valence-corrected chi connectivity index (χ4v) is 4.56. The zero-order valence-corrected chi connectivity index (χ0v) is 16.7. The fraction of sp³-hybridized carbons (Fsp3) is 0.650. The molecule has 7 heteroatoms. The van der Waals surface area contributed by atoms with E-state index >= 15 is 0 Å². The van der Waals surface area contributed by atoms with Gasteiger partial charge in [0.25, 0.3) is 5.91 Å². The number of piperidine rings is 1. The van der Waals surface area contributed by atoms with Gasteiger partial charge in [0.2, 0.25) is 0 Å². The van der Waals surface area contributed by atoms with Gasteiger partial charge >= 0.3 is 0 Å². The molecule has 2 aromatic heterocycles. The minimum atomic E-state index is 0.0656. The van der Waals surface area contributed by atoms with Crippen molar-refractivity contribution in [3.63, 3.8) is 0 Å². The van der Waals surface area contributed by atoms with Crippen LogP contribution in [0.15, 0.2) is 12.3 Å². The molecule has 2 aromatic rings. The number of nitrogens with zero attached hydrogens (tertiary/aromatic N) is 5. The van der Waals surface area contributed by atoms with Gasteiger partial charge in [-0.05, 0) is 70.6 Å². The standard InChI is InChI=1S/C20H30N6O/c1-15-16(14-21-25(15)3)17-13-18(23-22-17)19(27)26-11-7-20(8-12-26)5-4-9-24(2)10-6-20/h13-14H,4-12H2,1-3H3,(H,22,23). The number of aromatic nitrogens is 4. The average molecular weight is 371 g/mol. The van der Waals surface area contributed by atoms with Crippen molar-refractivity contribution in [2.24, 2.45) is 12.5 Å². The van der Waals surface area contributed by atoms with Gasteiger partial charge in [-0.1, -0.05) is 0 Å².